The van der Waals surface area contributed by atoms with Crippen LogP contribution in [0.5, 0.6) is 0 Å². The van der Waals surface area contributed by atoms with E-state index in [1.54, 1.807) is 12.1 Å². The Morgan fingerprint density at radius 3 is 2.46 bits per heavy atom. The highest BCUT2D eigenvalue weighted by Crippen LogP contribution is 2.26. The summed E-state index contributed by atoms with van der Waals surface area (Å²) in [7, 11) is -0.506. The molecule has 0 aliphatic heterocycles. The van der Waals surface area contributed by atoms with Gasteiger partial charge < -0.3 is 10.2 Å². The lowest BCUT2D eigenvalue weighted by Gasteiger charge is -2.13. The molecule has 2 rings (SSSR count). The first-order valence-corrected chi connectivity index (χ1v) is 9.09. The monoisotopic (exact) mass is 382 g/mol. The van der Waals surface area contributed by atoms with Gasteiger partial charge in [0.2, 0.25) is 10.0 Å². The van der Waals surface area contributed by atoms with Gasteiger partial charge in [0.05, 0.1) is 10.6 Å². The van der Waals surface area contributed by atoms with Gasteiger partial charge in [-0.3, -0.25) is 10.1 Å². The average Bonchev–Trinajstić information content (AvgIpc) is 2.53. The van der Waals surface area contributed by atoms with Crippen molar-refractivity contribution in [2.24, 2.45) is 5.14 Å². The second kappa shape index (κ2) is 7.77. The maximum absolute atomic E-state index is 14.1. The summed E-state index contributed by atoms with van der Waals surface area (Å²) >= 11 is 0. The number of nitrogens with one attached hydrogen (secondary N) is 1. The van der Waals surface area contributed by atoms with Crippen molar-refractivity contribution in [2.75, 3.05) is 19.4 Å². The second-order valence-electron chi connectivity index (χ2n) is 6.00. The van der Waals surface area contributed by atoms with Crippen molar-refractivity contribution in [3.63, 3.8) is 0 Å². The molecule has 0 aliphatic carbocycles. The third kappa shape index (κ3) is 4.97. The average molecular weight is 382 g/mol. The number of non-ortho nitro benzene ring substituents is 1. The van der Waals surface area contributed by atoms with Gasteiger partial charge in [-0.15, -0.1) is 0 Å². The second-order valence-corrected chi connectivity index (χ2v) is 7.53. The van der Waals surface area contributed by atoms with Crippen LogP contribution in [0.4, 0.5) is 15.8 Å². The Hall–Kier alpha value is -2.56. The van der Waals surface area contributed by atoms with Gasteiger partial charge in [0, 0.05) is 30.8 Å². The summed E-state index contributed by atoms with van der Waals surface area (Å²) in [5.74, 6) is -0.367. The van der Waals surface area contributed by atoms with E-state index in [1.807, 2.05) is 19.0 Å². The first kappa shape index (κ1) is 19.8. The minimum atomic E-state index is -4.17. The molecule has 10 heteroatoms. The summed E-state index contributed by atoms with van der Waals surface area (Å²) in [6.45, 7) is 0.580. The Balaban J connectivity index is 2.24. The van der Waals surface area contributed by atoms with Gasteiger partial charge in [-0.05, 0) is 31.8 Å². The number of hydrogen-bond donors (Lipinski definition) is 2. The maximum Gasteiger partial charge on any atom is 0.270 e. The first-order valence-electron chi connectivity index (χ1n) is 7.55. The zero-order chi connectivity index (χ0) is 19.5. The Bertz CT molecular complexity index is 932. The smallest absolute Gasteiger partial charge is 0.270 e. The molecule has 8 nitrogen and oxygen atoms in total. The lowest BCUT2D eigenvalue weighted by atomic mass is 10.1. The summed E-state index contributed by atoms with van der Waals surface area (Å²) < 4.78 is 37.5. The van der Waals surface area contributed by atoms with Crippen LogP contribution >= 0.6 is 0 Å². The van der Waals surface area contributed by atoms with Crippen molar-refractivity contribution in [1.29, 1.82) is 0 Å². The van der Waals surface area contributed by atoms with E-state index in [9.17, 15) is 22.9 Å². The number of nitrogens with zero attached hydrogens (tertiary/aromatic N) is 2. The number of hydrogen-bond acceptors (Lipinski definition) is 6. The van der Waals surface area contributed by atoms with Crippen LogP contribution in [0, 0.1) is 15.9 Å². The molecule has 0 heterocycles. The van der Waals surface area contributed by atoms with Gasteiger partial charge in [-0.1, -0.05) is 12.1 Å². The van der Waals surface area contributed by atoms with Crippen LogP contribution in [0.1, 0.15) is 11.1 Å². The third-order valence-corrected chi connectivity index (χ3v) is 4.52. The lowest BCUT2D eigenvalue weighted by Crippen LogP contribution is -2.15. The fourth-order valence-electron chi connectivity index (χ4n) is 2.37. The molecule has 0 amide bonds. The molecule has 0 saturated heterocycles. The number of benzene rings is 2. The Labute approximate surface area is 150 Å². The van der Waals surface area contributed by atoms with Gasteiger partial charge in [-0.25, -0.2) is 17.9 Å². The lowest BCUT2D eigenvalue weighted by molar-refractivity contribution is -0.385. The van der Waals surface area contributed by atoms with E-state index in [2.05, 4.69) is 5.32 Å². The molecule has 2 aromatic carbocycles. The van der Waals surface area contributed by atoms with Crippen LogP contribution in [0.2, 0.25) is 0 Å². The number of nitrogens with two attached hydrogens (primary N) is 1. The van der Waals surface area contributed by atoms with E-state index < -0.39 is 25.5 Å². The number of nitro benzene ring substituents is 1. The molecule has 0 fully saturated rings. The first-order chi connectivity index (χ1) is 12.1. The van der Waals surface area contributed by atoms with Crippen molar-refractivity contribution < 1.29 is 17.7 Å². The third-order valence-electron chi connectivity index (χ3n) is 3.57. The number of halogens is 1. The standard InChI is InChI=1S/C16H19FN4O4S/c1-20(2)10-12-4-3-11(7-14(12)17)9-19-15-6-5-13(21(22)23)8-16(15)26(18,24)25/h3-8,19H,9-10H2,1-2H3,(H2,18,24,25). The predicted octanol–water partition coefficient (Wildman–Crippen LogP) is 2.06. The predicted molar refractivity (Wildman–Crippen MR) is 95.6 cm³/mol. The molecule has 0 saturated carbocycles. The van der Waals surface area contributed by atoms with Gasteiger partial charge >= 0.3 is 0 Å². The van der Waals surface area contributed by atoms with Crippen LogP contribution in [0.3, 0.4) is 0 Å². The number of primary sulfonamides is 1. The van der Waals surface area contributed by atoms with E-state index in [1.165, 1.54) is 12.1 Å². The number of sulfonamides is 1. The van der Waals surface area contributed by atoms with Gasteiger partial charge in [0.15, 0.2) is 0 Å². The molecule has 0 atom stereocenters. The highest BCUT2D eigenvalue weighted by molar-refractivity contribution is 7.89. The van der Waals surface area contributed by atoms with E-state index in [0.717, 1.165) is 12.1 Å². The summed E-state index contributed by atoms with van der Waals surface area (Å²) in [4.78, 5) is 11.6. The fourth-order valence-corrected chi connectivity index (χ4v) is 3.10. The summed E-state index contributed by atoms with van der Waals surface area (Å²) in [5.41, 5.74) is 0.845. The summed E-state index contributed by atoms with van der Waals surface area (Å²) in [6, 6.07) is 8.04. The Kier molecular flexibility index (Phi) is 5.90. The molecule has 3 N–H and O–H groups in total. The molecule has 0 radical (unpaired) electrons. The topological polar surface area (TPSA) is 119 Å². The SMILES string of the molecule is CN(C)Cc1ccc(CNc2ccc([N+](=O)[O-])cc2S(N)(=O)=O)cc1F. The van der Waals surface area contributed by atoms with Crippen LogP contribution in [0.15, 0.2) is 41.3 Å². The van der Waals surface area contributed by atoms with Crippen molar-refractivity contribution in [1.82, 2.24) is 4.90 Å². The zero-order valence-corrected chi connectivity index (χ0v) is 15.1. The van der Waals surface area contributed by atoms with E-state index in [0.29, 0.717) is 17.7 Å². The van der Waals surface area contributed by atoms with E-state index >= 15 is 0 Å². The quantitative estimate of drug-likeness (QED) is 0.559. The highest BCUT2D eigenvalue weighted by atomic mass is 32.2. The molecule has 2 aromatic rings. The van der Waals surface area contributed by atoms with Gasteiger partial charge in [0.25, 0.3) is 5.69 Å². The number of anilines is 1. The zero-order valence-electron chi connectivity index (χ0n) is 14.3. The summed E-state index contributed by atoms with van der Waals surface area (Å²) in [5, 5.41) is 18.8. The largest absolute Gasteiger partial charge is 0.380 e. The molecule has 0 aromatic heterocycles. The fraction of sp³-hybridized carbons (Fsp3) is 0.250. The van der Waals surface area contributed by atoms with Crippen molar-refractivity contribution in [3.8, 4) is 0 Å². The number of nitro groups is 1. The Morgan fingerprint density at radius 2 is 1.92 bits per heavy atom. The molecule has 0 spiro atoms. The van der Waals surface area contributed by atoms with Crippen LogP contribution < -0.4 is 10.5 Å². The van der Waals surface area contributed by atoms with Crippen LogP contribution in [-0.4, -0.2) is 32.3 Å². The molecular formula is C16H19FN4O4S. The van der Waals surface area contributed by atoms with Crippen LogP contribution in [0.25, 0.3) is 0 Å². The summed E-state index contributed by atoms with van der Waals surface area (Å²) in [6.07, 6.45) is 0. The minimum absolute atomic E-state index is 0.107. The molecule has 0 unspecified atom stereocenters. The molecule has 0 bridgehead atoms. The highest BCUT2D eigenvalue weighted by Gasteiger charge is 2.19. The van der Waals surface area contributed by atoms with Gasteiger partial charge in [-0.2, -0.15) is 0 Å². The molecular weight excluding hydrogens is 363 g/mol. The Morgan fingerprint density at radius 1 is 1.23 bits per heavy atom. The van der Waals surface area contributed by atoms with E-state index in [-0.39, 0.29) is 18.0 Å². The molecule has 26 heavy (non-hydrogen) atoms. The van der Waals surface area contributed by atoms with Crippen molar-refractivity contribution in [3.05, 3.63) is 63.5 Å². The van der Waals surface area contributed by atoms with Crippen molar-refractivity contribution in [2.45, 2.75) is 18.0 Å². The van der Waals surface area contributed by atoms with E-state index in [4.69, 9.17) is 5.14 Å². The maximum atomic E-state index is 14.1. The van der Waals surface area contributed by atoms with Crippen molar-refractivity contribution >= 4 is 21.4 Å². The normalized spacial score (nSPS) is 11.6. The van der Waals surface area contributed by atoms with Crippen LogP contribution in [-0.2, 0) is 23.1 Å². The number of rotatable bonds is 7. The molecule has 0 aliphatic rings. The molecule has 140 valence electrons. The van der Waals surface area contributed by atoms with Gasteiger partial charge in [0.1, 0.15) is 10.7 Å². The minimum Gasteiger partial charge on any atom is -0.380 e.